The number of ether oxygens (including phenoxy) is 4. The van der Waals surface area contributed by atoms with E-state index < -0.39 is 0 Å². The number of nitrogens with zero attached hydrogens (tertiary/aromatic N) is 2. The summed E-state index contributed by atoms with van der Waals surface area (Å²) in [6.45, 7) is 10.2. The van der Waals surface area contributed by atoms with E-state index in [4.69, 9.17) is 18.9 Å². The number of rotatable bonds is 8. The van der Waals surface area contributed by atoms with Crippen molar-refractivity contribution in [2.45, 2.75) is 25.9 Å². The summed E-state index contributed by atoms with van der Waals surface area (Å²) >= 11 is 0. The normalized spacial score (nSPS) is 14.2. The summed E-state index contributed by atoms with van der Waals surface area (Å²) in [5.41, 5.74) is 6.77. The highest BCUT2D eigenvalue weighted by Gasteiger charge is 2.24. The molecule has 6 nitrogen and oxygen atoms in total. The third-order valence-corrected chi connectivity index (χ3v) is 6.61. The average molecular weight is 485 g/mol. The molecule has 0 amide bonds. The van der Waals surface area contributed by atoms with Crippen LogP contribution in [0, 0.1) is 0 Å². The maximum atomic E-state index is 6.11. The van der Waals surface area contributed by atoms with E-state index in [9.17, 15) is 0 Å². The van der Waals surface area contributed by atoms with E-state index in [-0.39, 0.29) is 0 Å². The lowest BCUT2D eigenvalue weighted by Crippen LogP contribution is -2.33. The van der Waals surface area contributed by atoms with Gasteiger partial charge < -0.3 is 28.7 Å². The molecule has 186 valence electrons. The molecule has 2 heterocycles. The van der Waals surface area contributed by atoms with E-state index in [1.165, 1.54) is 11.1 Å². The van der Waals surface area contributed by atoms with Gasteiger partial charge in [-0.05, 0) is 72.5 Å². The molecule has 0 radical (unpaired) electrons. The van der Waals surface area contributed by atoms with Crippen LogP contribution in [0.5, 0.6) is 23.0 Å². The van der Waals surface area contributed by atoms with Gasteiger partial charge >= 0.3 is 0 Å². The number of hydrogen-bond donors (Lipinski definition) is 0. The Hall–Kier alpha value is -4.06. The van der Waals surface area contributed by atoms with Crippen molar-refractivity contribution in [3.8, 4) is 23.0 Å². The Balaban J connectivity index is 1.33. The van der Waals surface area contributed by atoms with Crippen LogP contribution in [0.25, 0.3) is 0 Å². The molecule has 2 aliphatic heterocycles. The van der Waals surface area contributed by atoms with Crippen molar-refractivity contribution in [2.24, 2.45) is 0 Å². The lowest BCUT2D eigenvalue weighted by Gasteiger charge is -2.33. The van der Waals surface area contributed by atoms with Crippen LogP contribution in [0.1, 0.15) is 22.3 Å². The van der Waals surface area contributed by atoms with Crippen molar-refractivity contribution < 1.29 is 18.9 Å². The third-order valence-electron chi connectivity index (χ3n) is 6.61. The molecule has 5 rings (SSSR count). The quantitative estimate of drug-likeness (QED) is 0.373. The predicted molar refractivity (Wildman–Crippen MR) is 144 cm³/mol. The van der Waals surface area contributed by atoms with Crippen molar-refractivity contribution in [3.63, 3.8) is 0 Å². The summed E-state index contributed by atoms with van der Waals surface area (Å²) in [6.07, 6.45) is 5.39. The summed E-state index contributed by atoms with van der Waals surface area (Å²) in [6, 6.07) is 17.0. The molecule has 0 aliphatic carbocycles. The lowest BCUT2D eigenvalue weighted by atomic mass is 10.0. The fourth-order valence-electron chi connectivity index (χ4n) is 4.87. The fourth-order valence-corrected chi connectivity index (χ4v) is 4.87. The molecule has 2 aliphatic rings. The van der Waals surface area contributed by atoms with E-state index in [1.807, 2.05) is 24.3 Å². The molecule has 0 N–H and O–H groups in total. The summed E-state index contributed by atoms with van der Waals surface area (Å²) in [4.78, 5) is 4.44. The number of anilines is 2. The zero-order valence-electron chi connectivity index (χ0n) is 21.0. The maximum absolute atomic E-state index is 6.11. The second kappa shape index (κ2) is 10.3. The topological polar surface area (TPSA) is 43.4 Å². The zero-order chi connectivity index (χ0) is 25.1. The van der Waals surface area contributed by atoms with Crippen LogP contribution < -0.4 is 28.7 Å². The molecule has 0 saturated carbocycles. The third kappa shape index (κ3) is 4.59. The Morgan fingerprint density at radius 3 is 1.50 bits per heavy atom. The number of allylic oxidation sites excluding steroid dienone is 2. The SMILES string of the molecule is C=CCc1cc2c(c(OC)c1)OCN(c1ccc(N3COc4c(cc(CC=C)cc4OC)C3)cc1)C2. The van der Waals surface area contributed by atoms with E-state index in [0.717, 1.165) is 71.4 Å². The van der Waals surface area contributed by atoms with Crippen molar-refractivity contribution in [2.75, 3.05) is 37.5 Å². The maximum Gasteiger partial charge on any atom is 0.168 e. The van der Waals surface area contributed by atoms with Gasteiger partial charge in [-0.15, -0.1) is 13.2 Å². The van der Waals surface area contributed by atoms with Gasteiger partial charge in [-0.3, -0.25) is 0 Å². The van der Waals surface area contributed by atoms with Crippen molar-refractivity contribution >= 4 is 11.4 Å². The van der Waals surface area contributed by atoms with Crippen molar-refractivity contribution in [1.29, 1.82) is 0 Å². The minimum atomic E-state index is 0.468. The summed E-state index contributed by atoms with van der Waals surface area (Å²) in [7, 11) is 3.36. The van der Waals surface area contributed by atoms with Gasteiger partial charge in [0.25, 0.3) is 0 Å². The molecule has 0 aromatic heterocycles. The molecule has 0 fully saturated rings. The Morgan fingerprint density at radius 1 is 0.722 bits per heavy atom. The molecular formula is C30H32N2O4. The smallest absolute Gasteiger partial charge is 0.168 e. The van der Waals surface area contributed by atoms with Crippen LogP contribution >= 0.6 is 0 Å². The monoisotopic (exact) mass is 484 g/mol. The molecule has 0 saturated heterocycles. The van der Waals surface area contributed by atoms with Gasteiger partial charge in [-0.25, -0.2) is 0 Å². The predicted octanol–water partition coefficient (Wildman–Crippen LogP) is 5.87. The first-order chi connectivity index (χ1) is 17.6. The Labute approximate surface area is 213 Å². The van der Waals surface area contributed by atoms with Crippen molar-refractivity contribution in [1.82, 2.24) is 0 Å². The molecule has 0 atom stereocenters. The summed E-state index contributed by atoms with van der Waals surface area (Å²) in [5, 5.41) is 0. The Morgan fingerprint density at radius 2 is 1.14 bits per heavy atom. The highest BCUT2D eigenvalue weighted by atomic mass is 16.5. The van der Waals surface area contributed by atoms with Gasteiger partial charge in [-0.1, -0.05) is 12.2 Å². The number of hydrogen-bond acceptors (Lipinski definition) is 6. The molecule has 6 heteroatoms. The van der Waals surface area contributed by atoms with Gasteiger partial charge in [0.15, 0.2) is 36.5 Å². The molecule has 0 spiro atoms. The van der Waals surface area contributed by atoms with Crippen LogP contribution in [0.4, 0.5) is 11.4 Å². The minimum Gasteiger partial charge on any atom is -0.493 e. The highest BCUT2D eigenvalue weighted by Crippen LogP contribution is 2.40. The second-order valence-electron chi connectivity index (χ2n) is 9.02. The molecule has 36 heavy (non-hydrogen) atoms. The summed E-state index contributed by atoms with van der Waals surface area (Å²) in [5.74, 6) is 3.21. The van der Waals surface area contributed by atoms with Crippen LogP contribution in [-0.2, 0) is 25.9 Å². The van der Waals surface area contributed by atoms with E-state index >= 15 is 0 Å². The summed E-state index contributed by atoms with van der Waals surface area (Å²) < 4.78 is 23.4. The lowest BCUT2D eigenvalue weighted by molar-refractivity contribution is 0.269. The van der Waals surface area contributed by atoms with Gasteiger partial charge in [-0.2, -0.15) is 0 Å². The molecule has 0 unspecified atom stereocenters. The first-order valence-corrected chi connectivity index (χ1v) is 12.1. The van der Waals surface area contributed by atoms with E-state index in [0.29, 0.717) is 13.5 Å². The van der Waals surface area contributed by atoms with Crippen LogP contribution in [0.2, 0.25) is 0 Å². The number of fused-ring (bicyclic) bond motifs is 2. The molecule has 0 bridgehead atoms. The van der Waals surface area contributed by atoms with Gasteiger partial charge in [0.2, 0.25) is 0 Å². The number of methoxy groups -OCH3 is 2. The Kier molecular flexibility index (Phi) is 6.76. The molecular weight excluding hydrogens is 452 g/mol. The Bertz CT molecular complexity index is 1170. The van der Waals surface area contributed by atoms with E-state index in [2.05, 4.69) is 59.4 Å². The van der Waals surface area contributed by atoms with Gasteiger partial charge in [0, 0.05) is 35.6 Å². The zero-order valence-corrected chi connectivity index (χ0v) is 21.0. The van der Waals surface area contributed by atoms with Crippen LogP contribution in [-0.4, -0.2) is 27.7 Å². The van der Waals surface area contributed by atoms with Gasteiger partial charge in [0.1, 0.15) is 0 Å². The van der Waals surface area contributed by atoms with Crippen LogP contribution in [0.3, 0.4) is 0 Å². The fraction of sp³-hybridized carbons (Fsp3) is 0.267. The molecule has 3 aromatic rings. The number of benzene rings is 3. The second-order valence-corrected chi connectivity index (χ2v) is 9.02. The van der Waals surface area contributed by atoms with Crippen LogP contribution in [0.15, 0.2) is 73.8 Å². The first-order valence-electron chi connectivity index (χ1n) is 12.1. The minimum absolute atomic E-state index is 0.468. The van der Waals surface area contributed by atoms with E-state index in [1.54, 1.807) is 14.2 Å². The standard InChI is InChI=1S/C30H32N2O4/c1-5-7-21-13-23-17-31(19-35-29(23)27(15-21)33-3)25-9-11-26(12-10-25)32-18-24-14-22(8-6-2)16-28(34-4)30(24)36-20-32/h5-6,9-16H,1-2,7-8,17-20H2,3-4H3. The van der Waals surface area contributed by atoms with Crippen molar-refractivity contribution in [3.05, 3.63) is 96.1 Å². The highest BCUT2D eigenvalue weighted by molar-refractivity contribution is 5.61. The largest absolute Gasteiger partial charge is 0.493 e. The molecule has 3 aromatic carbocycles. The average Bonchev–Trinajstić information content (AvgIpc) is 2.92. The van der Waals surface area contributed by atoms with Gasteiger partial charge in [0.05, 0.1) is 14.2 Å². The first kappa shape index (κ1) is 23.7.